The molecule has 1 amide bonds. The van der Waals surface area contributed by atoms with Crippen molar-refractivity contribution in [3.8, 4) is 6.07 Å². The van der Waals surface area contributed by atoms with E-state index < -0.39 is 0 Å². The standard InChI is InChI=1S/C20H16N4O/c1-14-4-2-6-16(10-14)23-18-8-9-19(22-13-18)20(25)24-17-7-3-5-15(11-17)12-21/h2-11,13,23H,1H3,(H,24,25). The molecular formula is C20H16N4O. The molecule has 25 heavy (non-hydrogen) atoms. The first kappa shape index (κ1) is 16.2. The van der Waals surface area contributed by atoms with Gasteiger partial charge in [-0.3, -0.25) is 4.79 Å². The zero-order valence-corrected chi connectivity index (χ0v) is 13.7. The summed E-state index contributed by atoms with van der Waals surface area (Å²) in [5.41, 5.74) is 4.28. The number of hydrogen-bond donors (Lipinski definition) is 2. The van der Waals surface area contributed by atoms with Crippen LogP contribution >= 0.6 is 0 Å². The third kappa shape index (κ3) is 4.21. The lowest BCUT2D eigenvalue weighted by molar-refractivity contribution is 0.102. The smallest absolute Gasteiger partial charge is 0.274 e. The van der Waals surface area contributed by atoms with Gasteiger partial charge in [0.05, 0.1) is 23.5 Å². The summed E-state index contributed by atoms with van der Waals surface area (Å²) in [6.45, 7) is 2.03. The molecule has 5 nitrogen and oxygen atoms in total. The Morgan fingerprint density at radius 3 is 2.52 bits per heavy atom. The number of rotatable bonds is 4. The summed E-state index contributed by atoms with van der Waals surface area (Å²) < 4.78 is 0. The zero-order chi connectivity index (χ0) is 17.6. The fraction of sp³-hybridized carbons (Fsp3) is 0.0500. The van der Waals surface area contributed by atoms with E-state index in [1.807, 2.05) is 37.3 Å². The van der Waals surface area contributed by atoms with Crippen LogP contribution in [0.5, 0.6) is 0 Å². The summed E-state index contributed by atoms with van der Waals surface area (Å²) in [5, 5.41) is 14.9. The highest BCUT2D eigenvalue weighted by Gasteiger charge is 2.08. The number of nitrogens with zero attached hydrogens (tertiary/aromatic N) is 2. The molecule has 0 aliphatic heterocycles. The number of benzene rings is 2. The number of amides is 1. The maximum absolute atomic E-state index is 12.3. The highest BCUT2D eigenvalue weighted by molar-refractivity contribution is 6.03. The number of nitriles is 1. The van der Waals surface area contributed by atoms with Crippen molar-refractivity contribution in [3.05, 3.63) is 83.7 Å². The number of aromatic nitrogens is 1. The average Bonchev–Trinajstić information content (AvgIpc) is 2.62. The lowest BCUT2D eigenvalue weighted by Crippen LogP contribution is -2.13. The minimum absolute atomic E-state index is 0.303. The third-order valence-corrected chi connectivity index (χ3v) is 3.55. The number of aryl methyl sites for hydroxylation is 1. The molecule has 0 bridgehead atoms. The Labute approximate surface area is 146 Å². The van der Waals surface area contributed by atoms with Crippen LogP contribution in [0.1, 0.15) is 21.6 Å². The third-order valence-electron chi connectivity index (χ3n) is 3.55. The van der Waals surface area contributed by atoms with Crippen molar-refractivity contribution in [1.29, 1.82) is 5.26 Å². The second kappa shape index (κ2) is 7.28. The Kier molecular flexibility index (Phi) is 4.72. The van der Waals surface area contributed by atoms with E-state index in [0.29, 0.717) is 16.9 Å². The number of anilines is 3. The normalized spacial score (nSPS) is 9.92. The molecular weight excluding hydrogens is 312 g/mol. The number of pyridine rings is 1. The lowest BCUT2D eigenvalue weighted by Gasteiger charge is -2.08. The van der Waals surface area contributed by atoms with Crippen LogP contribution in [-0.4, -0.2) is 10.9 Å². The Balaban J connectivity index is 1.69. The van der Waals surface area contributed by atoms with Gasteiger partial charge in [-0.2, -0.15) is 5.26 Å². The predicted molar refractivity (Wildman–Crippen MR) is 97.8 cm³/mol. The predicted octanol–water partition coefficient (Wildman–Crippen LogP) is 4.26. The van der Waals surface area contributed by atoms with Crippen LogP contribution in [-0.2, 0) is 0 Å². The van der Waals surface area contributed by atoms with Crippen molar-refractivity contribution < 1.29 is 4.79 Å². The fourth-order valence-corrected chi connectivity index (χ4v) is 2.35. The van der Waals surface area contributed by atoms with Crippen molar-refractivity contribution in [2.75, 3.05) is 10.6 Å². The summed E-state index contributed by atoms with van der Waals surface area (Å²) in [5.74, 6) is -0.322. The van der Waals surface area contributed by atoms with Gasteiger partial charge in [0.2, 0.25) is 0 Å². The van der Waals surface area contributed by atoms with Crippen molar-refractivity contribution in [2.24, 2.45) is 0 Å². The molecule has 1 aromatic heterocycles. The summed E-state index contributed by atoms with van der Waals surface area (Å²) in [4.78, 5) is 16.4. The second-order valence-electron chi connectivity index (χ2n) is 5.57. The molecule has 2 N–H and O–H groups in total. The molecule has 0 atom stereocenters. The monoisotopic (exact) mass is 328 g/mol. The fourth-order valence-electron chi connectivity index (χ4n) is 2.35. The summed E-state index contributed by atoms with van der Waals surface area (Å²) >= 11 is 0. The molecule has 0 aliphatic rings. The largest absolute Gasteiger partial charge is 0.354 e. The number of nitrogens with one attached hydrogen (secondary N) is 2. The van der Waals surface area contributed by atoms with Crippen LogP contribution in [0.3, 0.4) is 0 Å². The lowest BCUT2D eigenvalue weighted by atomic mass is 10.2. The maximum atomic E-state index is 12.3. The molecule has 2 aromatic carbocycles. The van der Waals surface area contributed by atoms with E-state index in [1.54, 1.807) is 42.6 Å². The van der Waals surface area contributed by atoms with Crippen molar-refractivity contribution in [1.82, 2.24) is 4.98 Å². The number of carbonyl (C=O) groups excluding carboxylic acids is 1. The molecule has 0 radical (unpaired) electrons. The highest BCUT2D eigenvalue weighted by Crippen LogP contribution is 2.17. The van der Waals surface area contributed by atoms with Gasteiger partial charge >= 0.3 is 0 Å². The molecule has 0 saturated heterocycles. The van der Waals surface area contributed by atoms with E-state index in [4.69, 9.17) is 5.26 Å². The van der Waals surface area contributed by atoms with Gasteiger partial charge < -0.3 is 10.6 Å². The van der Waals surface area contributed by atoms with Crippen LogP contribution in [0, 0.1) is 18.3 Å². The van der Waals surface area contributed by atoms with Gasteiger partial charge in [0.15, 0.2) is 0 Å². The van der Waals surface area contributed by atoms with E-state index in [0.717, 1.165) is 16.9 Å². The SMILES string of the molecule is Cc1cccc(Nc2ccc(C(=O)Nc3cccc(C#N)c3)nc2)c1. The van der Waals surface area contributed by atoms with Gasteiger partial charge in [0.1, 0.15) is 5.69 Å². The Bertz CT molecular complexity index is 942. The van der Waals surface area contributed by atoms with E-state index >= 15 is 0 Å². The number of carbonyl (C=O) groups is 1. The molecule has 0 aliphatic carbocycles. The second-order valence-corrected chi connectivity index (χ2v) is 5.57. The first-order chi connectivity index (χ1) is 12.1. The molecule has 5 heteroatoms. The summed E-state index contributed by atoms with van der Waals surface area (Å²) in [6.07, 6.45) is 1.61. The van der Waals surface area contributed by atoms with Crippen LogP contribution in [0.15, 0.2) is 66.9 Å². The van der Waals surface area contributed by atoms with Crippen molar-refractivity contribution >= 4 is 23.0 Å². The highest BCUT2D eigenvalue weighted by atomic mass is 16.1. The van der Waals surface area contributed by atoms with Gasteiger partial charge in [-0.15, -0.1) is 0 Å². The molecule has 3 aromatic rings. The zero-order valence-electron chi connectivity index (χ0n) is 13.7. The Morgan fingerprint density at radius 2 is 1.80 bits per heavy atom. The van der Waals surface area contributed by atoms with E-state index in [9.17, 15) is 4.79 Å². The maximum Gasteiger partial charge on any atom is 0.274 e. The summed E-state index contributed by atoms with van der Waals surface area (Å²) in [6, 6.07) is 20.2. The van der Waals surface area contributed by atoms with Crippen LogP contribution in [0.25, 0.3) is 0 Å². The van der Waals surface area contributed by atoms with Crippen molar-refractivity contribution in [2.45, 2.75) is 6.92 Å². The molecule has 0 saturated carbocycles. The quantitative estimate of drug-likeness (QED) is 0.750. The topological polar surface area (TPSA) is 77.8 Å². The van der Waals surface area contributed by atoms with Gasteiger partial charge in [0, 0.05) is 11.4 Å². The molecule has 122 valence electrons. The van der Waals surface area contributed by atoms with Crippen LogP contribution in [0.4, 0.5) is 17.1 Å². The molecule has 0 spiro atoms. The van der Waals surface area contributed by atoms with E-state index in [2.05, 4.69) is 15.6 Å². The minimum Gasteiger partial charge on any atom is -0.354 e. The molecule has 1 heterocycles. The Morgan fingerprint density at radius 1 is 1.00 bits per heavy atom. The molecule has 0 unspecified atom stereocenters. The van der Waals surface area contributed by atoms with E-state index in [-0.39, 0.29) is 5.91 Å². The number of hydrogen-bond acceptors (Lipinski definition) is 4. The first-order valence-corrected chi connectivity index (χ1v) is 7.75. The van der Waals surface area contributed by atoms with Gasteiger partial charge in [-0.1, -0.05) is 18.2 Å². The van der Waals surface area contributed by atoms with E-state index in [1.165, 1.54) is 0 Å². The molecule has 0 fully saturated rings. The summed E-state index contributed by atoms with van der Waals surface area (Å²) in [7, 11) is 0. The Hall–Kier alpha value is -3.65. The molecule has 3 rings (SSSR count). The van der Waals surface area contributed by atoms with Gasteiger partial charge in [0.25, 0.3) is 5.91 Å². The van der Waals surface area contributed by atoms with Crippen LogP contribution < -0.4 is 10.6 Å². The average molecular weight is 328 g/mol. The van der Waals surface area contributed by atoms with Gasteiger partial charge in [-0.25, -0.2) is 4.98 Å². The van der Waals surface area contributed by atoms with Crippen molar-refractivity contribution in [3.63, 3.8) is 0 Å². The van der Waals surface area contributed by atoms with Gasteiger partial charge in [-0.05, 0) is 55.0 Å². The first-order valence-electron chi connectivity index (χ1n) is 7.75. The van der Waals surface area contributed by atoms with Crippen LogP contribution in [0.2, 0.25) is 0 Å². The minimum atomic E-state index is -0.322.